The van der Waals surface area contributed by atoms with Crippen molar-refractivity contribution in [3.8, 4) is 0 Å². The van der Waals surface area contributed by atoms with E-state index in [1.807, 2.05) is 41.4 Å². The fourth-order valence-corrected chi connectivity index (χ4v) is 3.51. The van der Waals surface area contributed by atoms with Gasteiger partial charge in [-0.05, 0) is 37.7 Å². The van der Waals surface area contributed by atoms with Crippen molar-refractivity contribution < 1.29 is 14.7 Å². The number of aromatic nitrogens is 1. The first-order chi connectivity index (χ1) is 15.0. The van der Waals surface area contributed by atoms with Crippen LogP contribution in [0, 0.1) is 0 Å². The fourth-order valence-electron chi connectivity index (χ4n) is 3.51. The Hall–Kier alpha value is -2.97. The molecule has 0 radical (unpaired) electrons. The van der Waals surface area contributed by atoms with Crippen molar-refractivity contribution in [1.82, 2.24) is 25.0 Å². The van der Waals surface area contributed by atoms with E-state index in [4.69, 9.17) is 9.90 Å². The smallest absolute Gasteiger partial charge is 0.317 e. The van der Waals surface area contributed by atoms with Crippen molar-refractivity contribution in [2.45, 2.75) is 19.0 Å². The molecule has 1 aromatic heterocycles. The molecule has 2 heterocycles. The molecule has 1 aromatic carbocycles. The molecule has 168 valence electrons. The van der Waals surface area contributed by atoms with Gasteiger partial charge in [0.05, 0.1) is 0 Å². The maximum atomic E-state index is 13.0. The van der Waals surface area contributed by atoms with Gasteiger partial charge >= 0.3 is 6.03 Å². The van der Waals surface area contributed by atoms with Crippen LogP contribution < -0.4 is 5.32 Å². The van der Waals surface area contributed by atoms with E-state index in [9.17, 15) is 4.79 Å². The van der Waals surface area contributed by atoms with Gasteiger partial charge in [0.1, 0.15) is 0 Å². The normalized spacial score (nSPS) is 16.6. The summed E-state index contributed by atoms with van der Waals surface area (Å²) in [6.07, 6.45) is 4.42. The van der Waals surface area contributed by atoms with Crippen LogP contribution in [0.4, 0.5) is 4.79 Å². The lowest BCUT2D eigenvalue weighted by molar-refractivity contribution is -0.122. The maximum absolute atomic E-state index is 13.0. The second-order valence-electron chi connectivity index (χ2n) is 7.71. The number of amides is 2. The van der Waals surface area contributed by atoms with E-state index in [1.54, 1.807) is 6.20 Å². The molecule has 2 amide bonds. The summed E-state index contributed by atoms with van der Waals surface area (Å²) in [6, 6.07) is 14.6. The zero-order valence-electron chi connectivity index (χ0n) is 18.4. The van der Waals surface area contributed by atoms with Gasteiger partial charge in [0.15, 0.2) is 0 Å². The highest BCUT2D eigenvalue weighted by molar-refractivity contribution is 5.74. The molecule has 31 heavy (non-hydrogen) atoms. The first kappa shape index (κ1) is 24.3. The third-order valence-corrected chi connectivity index (χ3v) is 5.37. The van der Waals surface area contributed by atoms with Crippen LogP contribution in [0.2, 0.25) is 0 Å². The molecule has 1 atom stereocenters. The van der Waals surface area contributed by atoms with Crippen LogP contribution in [-0.4, -0.2) is 90.2 Å². The van der Waals surface area contributed by atoms with E-state index < -0.39 is 0 Å². The number of carbonyl (C=O) groups excluding carboxylic acids is 1. The number of likely N-dealkylation sites (N-methyl/N-ethyl adjacent to an activating group) is 2. The number of piperazine rings is 1. The van der Waals surface area contributed by atoms with Gasteiger partial charge in [-0.1, -0.05) is 36.4 Å². The number of urea groups is 1. The SMILES string of the molecule is CN1CCN(C)C(CNC(=O)N(CCc2ccccc2)Cc2cccnc2)C1.O=CO. The highest BCUT2D eigenvalue weighted by Crippen LogP contribution is 2.08. The topological polar surface area (TPSA) is 89.0 Å². The van der Waals surface area contributed by atoms with Crippen LogP contribution in [0.5, 0.6) is 0 Å². The van der Waals surface area contributed by atoms with E-state index in [0.717, 1.165) is 31.6 Å². The molecule has 1 aliphatic rings. The van der Waals surface area contributed by atoms with Gasteiger partial charge < -0.3 is 20.2 Å². The number of carboxylic acid groups (broad SMARTS) is 1. The summed E-state index contributed by atoms with van der Waals surface area (Å²) < 4.78 is 0. The van der Waals surface area contributed by atoms with Crippen molar-refractivity contribution in [1.29, 1.82) is 0 Å². The largest absolute Gasteiger partial charge is 0.483 e. The summed E-state index contributed by atoms with van der Waals surface area (Å²) in [4.78, 5) is 32.0. The van der Waals surface area contributed by atoms with E-state index in [0.29, 0.717) is 25.7 Å². The lowest BCUT2D eigenvalue weighted by Gasteiger charge is -2.38. The highest BCUT2D eigenvalue weighted by atomic mass is 16.3. The maximum Gasteiger partial charge on any atom is 0.317 e. The average Bonchev–Trinajstić information content (AvgIpc) is 2.79. The number of nitrogens with zero attached hydrogens (tertiary/aromatic N) is 4. The third kappa shape index (κ3) is 8.74. The van der Waals surface area contributed by atoms with Crippen molar-refractivity contribution in [3.63, 3.8) is 0 Å². The van der Waals surface area contributed by atoms with Crippen LogP contribution in [0.15, 0.2) is 54.9 Å². The van der Waals surface area contributed by atoms with Crippen LogP contribution in [-0.2, 0) is 17.8 Å². The van der Waals surface area contributed by atoms with Crippen LogP contribution in [0.3, 0.4) is 0 Å². The molecule has 1 fully saturated rings. The van der Waals surface area contributed by atoms with Gasteiger partial charge in [-0.2, -0.15) is 0 Å². The summed E-state index contributed by atoms with van der Waals surface area (Å²) in [6.45, 7) is 4.73. The van der Waals surface area contributed by atoms with E-state index in [2.05, 4.69) is 46.3 Å². The highest BCUT2D eigenvalue weighted by Gasteiger charge is 2.23. The van der Waals surface area contributed by atoms with Crippen LogP contribution in [0.1, 0.15) is 11.1 Å². The molecule has 1 unspecified atom stereocenters. The second kappa shape index (κ2) is 13.4. The van der Waals surface area contributed by atoms with Crippen molar-refractivity contribution in [2.24, 2.45) is 0 Å². The van der Waals surface area contributed by atoms with Gasteiger partial charge in [-0.3, -0.25) is 14.7 Å². The van der Waals surface area contributed by atoms with Gasteiger partial charge in [0, 0.05) is 57.7 Å². The first-order valence-electron chi connectivity index (χ1n) is 10.5. The molecule has 1 aliphatic heterocycles. The summed E-state index contributed by atoms with van der Waals surface area (Å²) in [5, 5.41) is 10.0. The minimum absolute atomic E-state index is 0.0126. The molecular formula is C23H33N5O3. The number of hydrogen-bond acceptors (Lipinski definition) is 5. The molecule has 8 heteroatoms. The summed E-state index contributed by atoms with van der Waals surface area (Å²) in [5.74, 6) is 0. The van der Waals surface area contributed by atoms with Gasteiger partial charge in [-0.15, -0.1) is 0 Å². The van der Waals surface area contributed by atoms with E-state index in [1.165, 1.54) is 5.56 Å². The van der Waals surface area contributed by atoms with E-state index in [-0.39, 0.29) is 12.5 Å². The molecule has 2 N–H and O–H groups in total. The molecule has 0 bridgehead atoms. The van der Waals surface area contributed by atoms with Gasteiger partial charge in [0.25, 0.3) is 6.47 Å². The number of rotatable bonds is 7. The molecule has 3 rings (SSSR count). The van der Waals surface area contributed by atoms with E-state index >= 15 is 0 Å². The minimum Gasteiger partial charge on any atom is -0.483 e. The van der Waals surface area contributed by atoms with Crippen molar-refractivity contribution >= 4 is 12.5 Å². The standard InChI is InChI=1S/C22H31N5O.CH2O2/c1-25-13-14-26(2)21(18-25)16-24-22(28)27(17-20-9-6-11-23-15-20)12-10-19-7-4-3-5-8-19;2-1-3/h3-9,11,15,21H,10,12-14,16-18H2,1-2H3,(H,24,28);1H,(H,2,3). The number of benzene rings is 1. The predicted octanol–water partition coefficient (Wildman–Crippen LogP) is 1.78. The predicted molar refractivity (Wildman–Crippen MR) is 121 cm³/mol. The molecular weight excluding hydrogens is 394 g/mol. The number of carbonyl (C=O) groups is 2. The molecule has 2 aromatic rings. The number of nitrogens with one attached hydrogen (secondary N) is 1. The van der Waals surface area contributed by atoms with Gasteiger partial charge in [0.2, 0.25) is 0 Å². The Kier molecular flexibility index (Phi) is 10.5. The van der Waals surface area contributed by atoms with Crippen LogP contribution in [0.25, 0.3) is 0 Å². The Morgan fingerprint density at radius 3 is 2.58 bits per heavy atom. The van der Waals surface area contributed by atoms with Crippen molar-refractivity contribution in [3.05, 3.63) is 66.0 Å². The molecule has 0 saturated carbocycles. The zero-order valence-corrected chi connectivity index (χ0v) is 18.4. The fraction of sp³-hybridized carbons (Fsp3) is 0.435. The van der Waals surface area contributed by atoms with Crippen LogP contribution >= 0.6 is 0 Å². The zero-order chi connectivity index (χ0) is 22.5. The van der Waals surface area contributed by atoms with Gasteiger partial charge in [-0.25, -0.2) is 4.79 Å². The van der Waals surface area contributed by atoms with Crippen molar-refractivity contribution in [2.75, 3.05) is 46.8 Å². The Labute approximate surface area is 184 Å². The lowest BCUT2D eigenvalue weighted by atomic mass is 10.1. The summed E-state index contributed by atoms with van der Waals surface area (Å²) >= 11 is 0. The third-order valence-electron chi connectivity index (χ3n) is 5.37. The average molecular weight is 428 g/mol. The Bertz CT molecular complexity index is 775. The second-order valence-corrected chi connectivity index (χ2v) is 7.71. The molecule has 1 saturated heterocycles. The number of pyridine rings is 1. The number of hydrogen-bond donors (Lipinski definition) is 2. The molecule has 8 nitrogen and oxygen atoms in total. The Morgan fingerprint density at radius 2 is 1.90 bits per heavy atom. The quantitative estimate of drug-likeness (QED) is 0.655. The molecule has 0 aliphatic carbocycles. The Morgan fingerprint density at radius 1 is 1.19 bits per heavy atom. The monoisotopic (exact) mass is 427 g/mol. The Balaban J connectivity index is 0.00000107. The first-order valence-corrected chi connectivity index (χ1v) is 10.5. The molecule has 0 spiro atoms. The summed E-state index contributed by atoms with van der Waals surface area (Å²) in [5.41, 5.74) is 2.28. The summed E-state index contributed by atoms with van der Waals surface area (Å²) in [7, 11) is 4.27. The minimum atomic E-state index is -0.250. The lowest BCUT2D eigenvalue weighted by Crippen LogP contribution is -2.55.